The predicted octanol–water partition coefficient (Wildman–Crippen LogP) is 1.71. The highest BCUT2D eigenvalue weighted by Crippen LogP contribution is 2.27. The zero-order valence-electron chi connectivity index (χ0n) is 14.4. The normalized spacial score (nSPS) is 23.7. The Hall–Kier alpha value is -1.14. The van der Waals surface area contributed by atoms with Gasteiger partial charge in [-0.2, -0.15) is 0 Å². The Morgan fingerprint density at radius 1 is 1.30 bits per heavy atom. The number of hydrogen-bond donors (Lipinski definition) is 2. The van der Waals surface area contributed by atoms with Crippen LogP contribution in [-0.2, 0) is 14.4 Å². The molecular formula is C16H29ClN2O4. The summed E-state index contributed by atoms with van der Waals surface area (Å²) in [6.45, 7) is 8.13. The van der Waals surface area contributed by atoms with E-state index in [1.54, 1.807) is 0 Å². The number of amides is 1. The molecule has 6 nitrogen and oxygen atoms in total. The van der Waals surface area contributed by atoms with Crippen LogP contribution in [0, 0.1) is 11.8 Å². The van der Waals surface area contributed by atoms with E-state index < -0.39 is 12.0 Å². The molecule has 1 aliphatic heterocycles. The van der Waals surface area contributed by atoms with E-state index in [-0.39, 0.29) is 42.0 Å². The number of aliphatic carboxylic acids is 1. The third kappa shape index (κ3) is 6.47. The van der Waals surface area contributed by atoms with E-state index in [2.05, 4.69) is 12.2 Å². The Labute approximate surface area is 144 Å². The molecular weight excluding hydrogens is 320 g/mol. The first-order valence-electron chi connectivity index (χ1n) is 8.00. The standard InChI is InChI=1S/C16H28N2O4.ClH/c1-5-6-13(10(2)17-12(4)20)8-18-9-14(11(3)19)7-15(18)16(21)22;/h10,13-15H,5-9H2,1-4H3,(H,17,20)(H,21,22);1H/t10?,13-,14?,15?;/m0./s1. The number of carboxylic acid groups (broad SMARTS) is 1. The first kappa shape index (κ1) is 21.9. The Balaban J connectivity index is 0.00000484. The monoisotopic (exact) mass is 348 g/mol. The summed E-state index contributed by atoms with van der Waals surface area (Å²) < 4.78 is 0. The van der Waals surface area contributed by atoms with E-state index in [4.69, 9.17) is 0 Å². The van der Waals surface area contributed by atoms with Crippen LogP contribution in [0.4, 0.5) is 0 Å². The molecule has 1 aliphatic rings. The van der Waals surface area contributed by atoms with Crippen molar-refractivity contribution in [2.24, 2.45) is 11.8 Å². The van der Waals surface area contributed by atoms with Crippen LogP contribution in [0.25, 0.3) is 0 Å². The van der Waals surface area contributed by atoms with E-state index in [0.717, 1.165) is 12.8 Å². The van der Waals surface area contributed by atoms with Gasteiger partial charge in [-0.05, 0) is 32.6 Å². The average Bonchev–Trinajstić information content (AvgIpc) is 2.81. The number of halogens is 1. The number of Topliss-reactive ketones (excluding diaryl/α,β-unsaturated/α-hetero) is 1. The molecule has 0 saturated carbocycles. The lowest BCUT2D eigenvalue weighted by atomic mass is 9.95. The highest BCUT2D eigenvalue weighted by atomic mass is 35.5. The van der Waals surface area contributed by atoms with Crippen molar-refractivity contribution < 1.29 is 19.5 Å². The van der Waals surface area contributed by atoms with Crippen molar-refractivity contribution in [2.75, 3.05) is 13.1 Å². The molecule has 1 amide bonds. The van der Waals surface area contributed by atoms with Crippen LogP contribution in [0.2, 0.25) is 0 Å². The summed E-state index contributed by atoms with van der Waals surface area (Å²) in [4.78, 5) is 36.2. The van der Waals surface area contributed by atoms with Gasteiger partial charge in [0.1, 0.15) is 11.8 Å². The van der Waals surface area contributed by atoms with Crippen LogP contribution in [-0.4, -0.2) is 52.8 Å². The maximum absolute atomic E-state index is 11.6. The zero-order valence-corrected chi connectivity index (χ0v) is 15.2. The van der Waals surface area contributed by atoms with E-state index in [1.165, 1.54) is 13.8 Å². The van der Waals surface area contributed by atoms with Crippen molar-refractivity contribution in [2.45, 2.75) is 59.0 Å². The number of likely N-dealkylation sites (tertiary alicyclic amines) is 1. The van der Waals surface area contributed by atoms with Crippen LogP contribution >= 0.6 is 12.4 Å². The van der Waals surface area contributed by atoms with Gasteiger partial charge in [-0.25, -0.2) is 0 Å². The summed E-state index contributed by atoms with van der Waals surface area (Å²) in [5.41, 5.74) is 0. The molecule has 0 radical (unpaired) electrons. The molecule has 0 aromatic heterocycles. The molecule has 134 valence electrons. The van der Waals surface area contributed by atoms with E-state index >= 15 is 0 Å². The number of ketones is 1. The van der Waals surface area contributed by atoms with Gasteiger partial charge in [0, 0.05) is 32.0 Å². The van der Waals surface area contributed by atoms with Gasteiger partial charge in [-0.15, -0.1) is 12.4 Å². The highest BCUT2D eigenvalue weighted by Gasteiger charge is 2.39. The van der Waals surface area contributed by atoms with Gasteiger partial charge in [0.25, 0.3) is 0 Å². The van der Waals surface area contributed by atoms with Gasteiger partial charge >= 0.3 is 5.97 Å². The van der Waals surface area contributed by atoms with Crippen molar-refractivity contribution in [1.29, 1.82) is 0 Å². The predicted molar refractivity (Wildman–Crippen MR) is 90.7 cm³/mol. The Kier molecular flexibility index (Phi) is 9.39. The highest BCUT2D eigenvalue weighted by molar-refractivity contribution is 5.85. The zero-order chi connectivity index (χ0) is 16.9. The number of rotatable bonds is 8. The molecule has 2 N–H and O–H groups in total. The molecule has 0 aliphatic carbocycles. The summed E-state index contributed by atoms with van der Waals surface area (Å²) in [6, 6.07) is -0.610. The summed E-state index contributed by atoms with van der Waals surface area (Å²) in [5.74, 6) is -0.908. The van der Waals surface area contributed by atoms with E-state index in [0.29, 0.717) is 19.5 Å². The lowest BCUT2D eigenvalue weighted by molar-refractivity contribution is -0.142. The fourth-order valence-corrected chi connectivity index (χ4v) is 3.27. The quantitative estimate of drug-likeness (QED) is 0.697. The molecule has 4 atom stereocenters. The smallest absolute Gasteiger partial charge is 0.320 e. The third-order valence-corrected chi connectivity index (χ3v) is 4.53. The molecule has 1 heterocycles. The van der Waals surface area contributed by atoms with Crippen LogP contribution < -0.4 is 5.32 Å². The molecule has 1 saturated heterocycles. The van der Waals surface area contributed by atoms with Gasteiger partial charge in [0.15, 0.2) is 0 Å². The minimum Gasteiger partial charge on any atom is -0.480 e. The molecule has 0 spiro atoms. The number of hydrogen-bond acceptors (Lipinski definition) is 4. The summed E-state index contributed by atoms with van der Waals surface area (Å²) in [5, 5.41) is 12.3. The van der Waals surface area contributed by atoms with Gasteiger partial charge in [-0.1, -0.05) is 13.3 Å². The molecule has 1 rings (SSSR count). The minimum atomic E-state index is -0.869. The third-order valence-electron chi connectivity index (χ3n) is 4.53. The number of carboxylic acids is 1. The second-order valence-electron chi connectivity index (χ2n) is 6.39. The average molecular weight is 349 g/mol. The molecule has 23 heavy (non-hydrogen) atoms. The number of carbonyl (C=O) groups is 3. The van der Waals surface area contributed by atoms with Gasteiger partial charge in [-0.3, -0.25) is 19.3 Å². The Morgan fingerprint density at radius 3 is 2.35 bits per heavy atom. The largest absolute Gasteiger partial charge is 0.480 e. The second kappa shape index (κ2) is 9.88. The Bertz CT molecular complexity index is 430. The van der Waals surface area contributed by atoms with Crippen molar-refractivity contribution in [1.82, 2.24) is 10.2 Å². The van der Waals surface area contributed by atoms with E-state index in [1.807, 2.05) is 11.8 Å². The first-order chi connectivity index (χ1) is 10.3. The lowest BCUT2D eigenvalue weighted by Crippen LogP contribution is -2.45. The van der Waals surface area contributed by atoms with Crippen LogP contribution in [0.3, 0.4) is 0 Å². The lowest BCUT2D eigenvalue weighted by Gasteiger charge is -2.30. The fraction of sp³-hybridized carbons (Fsp3) is 0.812. The minimum absolute atomic E-state index is 0. The molecule has 0 aromatic rings. The van der Waals surface area contributed by atoms with Crippen LogP contribution in [0.1, 0.15) is 47.0 Å². The summed E-state index contributed by atoms with van der Waals surface area (Å²) in [6.07, 6.45) is 2.27. The van der Waals surface area contributed by atoms with Crippen LogP contribution in [0.5, 0.6) is 0 Å². The SMILES string of the molecule is CCC[C@@H](CN1CC(C(C)=O)CC1C(=O)O)C(C)NC(C)=O.Cl. The maximum Gasteiger partial charge on any atom is 0.320 e. The summed E-state index contributed by atoms with van der Waals surface area (Å²) >= 11 is 0. The van der Waals surface area contributed by atoms with Crippen molar-refractivity contribution in [3.63, 3.8) is 0 Å². The number of nitrogens with zero attached hydrogens (tertiary/aromatic N) is 1. The Morgan fingerprint density at radius 2 is 1.91 bits per heavy atom. The van der Waals surface area contributed by atoms with Crippen molar-refractivity contribution in [3.8, 4) is 0 Å². The molecule has 1 fully saturated rings. The van der Waals surface area contributed by atoms with Crippen LogP contribution in [0.15, 0.2) is 0 Å². The van der Waals surface area contributed by atoms with Gasteiger partial charge in [0.2, 0.25) is 5.91 Å². The molecule has 0 bridgehead atoms. The van der Waals surface area contributed by atoms with Crippen molar-refractivity contribution in [3.05, 3.63) is 0 Å². The van der Waals surface area contributed by atoms with Gasteiger partial charge in [0.05, 0.1) is 0 Å². The first-order valence-corrected chi connectivity index (χ1v) is 8.00. The van der Waals surface area contributed by atoms with Crippen molar-refractivity contribution >= 4 is 30.1 Å². The molecule has 7 heteroatoms. The topological polar surface area (TPSA) is 86.7 Å². The number of carbonyl (C=O) groups excluding carboxylic acids is 2. The summed E-state index contributed by atoms with van der Waals surface area (Å²) in [7, 11) is 0. The fourth-order valence-electron chi connectivity index (χ4n) is 3.27. The molecule has 0 aromatic carbocycles. The van der Waals surface area contributed by atoms with Gasteiger partial charge < -0.3 is 10.4 Å². The number of nitrogens with one attached hydrogen (secondary N) is 1. The maximum atomic E-state index is 11.6. The van der Waals surface area contributed by atoms with E-state index in [9.17, 15) is 19.5 Å². The molecule has 3 unspecified atom stereocenters. The second-order valence-corrected chi connectivity index (χ2v) is 6.39.